The van der Waals surface area contributed by atoms with Crippen LogP contribution in [0.2, 0.25) is 0 Å². The molecule has 0 saturated carbocycles. The Morgan fingerprint density at radius 3 is 3.08 bits per heavy atom. The maximum Gasteiger partial charge on any atom is 0.135 e. The second-order valence-corrected chi connectivity index (χ2v) is 3.52. The van der Waals surface area contributed by atoms with Crippen LogP contribution in [0.15, 0.2) is 17.3 Å². The molecule has 12 heavy (non-hydrogen) atoms. The van der Waals surface area contributed by atoms with Crippen LogP contribution in [-0.4, -0.2) is 10.8 Å². The molecule has 1 aromatic heterocycles. The molecule has 2 nitrogen and oxygen atoms in total. The topological polar surface area (TPSA) is 17.3 Å². The van der Waals surface area contributed by atoms with Gasteiger partial charge in [-0.25, -0.2) is 4.99 Å². The highest BCUT2D eigenvalue weighted by atomic mass is 15.1. The molecule has 0 N–H and O–H groups in total. The number of nitrogens with zero attached hydrogens (tertiary/aromatic N) is 2. The standard InChI is InChI=1S/C10H14N2/c1-8(2)12-7-5-9-4-3-6-11-10(9)12/h5-8H,3-4H2,1-2H3. The number of aryl methyl sites for hydroxylation is 1. The van der Waals surface area contributed by atoms with E-state index in [0.29, 0.717) is 6.04 Å². The predicted octanol–water partition coefficient (Wildman–Crippen LogP) is 2.72. The fourth-order valence-electron chi connectivity index (χ4n) is 1.61. The highest BCUT2D eigenvalue weighted by molar-refractivity contribution is 5.67. The van der Waals surface area contributed by atoms with Crippen LogP contribution in [0.1, 0.15) is 31.9 Å². The molecule has 0 amide bonds. The molecule has 2 rings (SSSR count). The molecule has 0 saturated heterocycles. The van der Waals surface area contributed by atoms with Crippen molar-refractivity contribution in [2.24, 2.45) is 4.99 Å². The Hall–Kier alpha value is -1.05. The fourth-order valence-corrected chi connectivity index (χ4v) is 1.61. The third-order valence-corrected chi connectivity index (χ3v) is 2.28. The van der Waals surface area contributed by atoms with Crippen molar-refractivity contribution in [3.05, 3.63) is 17.8 Å². The second-order valence-electron chi connectivity index (χ2n) is 3.52. The zero-order valence-corrected chi connectivity index (χ0v) is 7.62. The van der Waals surface area contributed by atoms with E-state index < -0.39 is 0 Å². The number of rotatable bonds is 1. The molecule has 1 aliphatic rings. The van der Waals surface area contributed by atoms with Crippen LogP contribution in [-0.2, 0) is 6.42 Å². The highest BCUT2D eigenvalue weighted by Crippen LogP contribution is 2.27. The molecule has 0 bridgehead atoms. The van der Waals surface area contributed by atoms with E-state index in [1.807, 2.05) is 6.21 Å². The third-order valence-electron chi connectivity index (χ3n) is 2.28. The van der Waals surface area contributed by atoms with E-state index in [4.69, 9.17) is 0 Å². The van der Waals surface area contributed by atoms with E-state index in [1.54, 1.807) is 0 Å². The molecule has 0 fully saturated rings. The van der Waals surface area contributed by atoms with Crippen LogP contribution < -0.4 is 0 Å². The van der Waals surface area contributed by atoms with Gasteiger partial charge < -0.3 is 4.57 Å². The SMILES string of the molecule is CC(C)n1ccc2c1N=CCC2. The van der Waals surface area contributed by atoms with Crippen molar-refractivity contribution in [1.82, 2.24) is 4.57 Å². The lowest BCUT2D eigenvalue weighted by atomic mass is 10.1. The van der Waals surface area contributed by atoms with Gasteiger partial charge in [0.05, 0.1) is 0 Å². The minimum Gasteiger partial charge on any atom is -0.330 e. The first-order chi connectivity index (χ1) is 5.79. The lowest BCUT2D eigenvalue weighted by Crippen LogP contribution is -2.00. The van der Waals surface area contributed by atoms with Crippen molar-refractivity contribution >= 4 is 12.0 Å². The van der Waals surface area contributed by atoms with E-state index in [2.05, 4.69) is 35.7 Å². The number of hydrogen-bond acceptors (Lipinski definition) is 1. The van der Waals surface area contributed by atoms with Gasteiger partial charge in [0.25, 0.3) is 0 Å². The summed E-state index contributed by atoms with van der Waals surface area (Å²) in [6.07, 6.45) is 6.40. The van der Waals surface area contributed by atoms with Crippen LogP contribution in [0.25, 0.3) is 0 Å². The summed E-state index contributed by atoms with van der Waals surface area (Å²) in [7, 11) is 0. The molecule has 64 valence electrons. The van der Waals surface area contributed by atoms with Gasteiger partial charge in [-0.05, 0) is 38.3 Å². The van der Waals surface area contributed by atoms with Gasteiger partial charge in [0.1, 0.15) is 5.82 Å². The first-order valence-electron chi connectivity index (χ1n) is 4.51. The van der Waals surface area contributed by atoms with Crippen LogP contribution >= 0.6 is 0 Å². The van der Waals surface area contributed by atoms with E-state index in [1.165, 1.54) is 5.56 Å². The molecule has 0 aliphatic carbocycles. The summed E-state index contributed by atoms with van der Waals surface area (Å²) in [5.41, 5.74) is 1.39. The Bertz CT molecular complexity index is 308. The van der Waals surface area contributed by atoms with E-state index in [-0.39, 0.29) is 0 Å². The number of aliphatic imine (C=N–C) groups is 1. The Kier molecular flexibility index (Phi) is 1.75. The van der Waals surface area contributed by atoms with Crippen molar-refractivity contribution in [2.45, 2.75) is 32.7 Å². The minimum absolute atomic E-state index is 0.518. The second kappa shape index (κ2) is 2.77. The summed E-state index contributed by atoms with van der Waals surface area (Å²) in [5.74, 6) is 1.16. The normalized spacial score (nSPS) is 15.2. The molecule has 0 unspecified atom stereocenters. The van der Waals surface area contributed by atoms with Crippen LogP contribution in [0.4, 0.5) is 5.82 Å². The summed E-state index contributed by atoms with van der Waals surface area (Å²) in [5, 5.41) is 0. The number of hydrogen-bond donors (Lipinski definition) is 0. The maximum absolute atomic E-state index is 4.41. The zero-order chi connectivity index (χ0) is 8.55. The molecule has 1 aromatic rings. The summed E-state index contributed by atoms with van der Waals surface area (Å²) in [6, 6.07) is 2.70. The van der Waals surface area contributed by atoms with Crippen molar-refractivity contribution < 1.29 is 0 Å². The quantitative estimate of drug-likeness (QED) is 0.604. The van der Waals surface area contributed by atoms with E-state index in [0.717, 1.165) is 18.7 Å². The third kappa shape index (κ3) is 1.07. The molecule has 2 heterocycles. The molecule has 0 radical (unpaired) electrons. The van der Waals surface area contributed by atoms with Gasteiger partial charge in [-0.15, -0.1) is 0 Å². The van der Waals surface area contributed by atoms with Gasteiger partial charge in [0.15, 0.2) is 0 Å². The van der Waals surface area contributed by atoms with Crippen LogP contribution in [0.5, 0.6) is 0 Å². The van der Waals surface area contributed by atoms with Crippen molar-refractivity contribution in [3.8, 4) is 0 Å². The van der Waals surface area contributed by atoms with Crippen molar-refractivity contribution in [2.75, 3.05) is 0 Å². The zero-order valence-electron chi connectivity index (χ0n) is 7.62. The molecular weight excluding hydrogens is 148 g/mol. The van der Waals surface area contributed by atoms with Gasteiger partial charge >= 0.3 is 0 Å². The summed E-state index contributed by atoms with van der Waals surface area (Å²) < 4.78 is 2.23. The summed E-state index contributed by atoms with van der Waals surface area (Å²) >= 11 is 0. The van der Waals surface area contributed by atoms with Gasteiger partial charge in [-0.1, -0.05) is 0 Å². The van der Waals surface area contributed by atoms with Gasteiger partial charge in [-0.2, -0.15) is 0 Å². The van der Waals surface area contributed by atoms with Gasteiger partial charge in [0, 0.05) is 18.5 Å². The fraction of sp³-hybridized carbons (Fsp3) is 0.500. The average molecular weight is 162 g/mol. The molecule has 0 atom stereocenters. The Labute approximate surface area is 72.9 Å². The number of aromatic nitrogens is 1. The molecule has 0 aromatic carbocycles. The monoisotopic (exact) mass is 162 g/mol. The predicted molar refractivity (Wildman–Crippen MR) is 51.3 cm³/mol. The van der Waals surface area contributed by atoms with Gasteiger partial charge in [0.2, 0.25) is 0 Å². The smallest absolute Gasteiger partial charge is 0.135 e. The van der Waals surface area contributed by atoms with Crippen molar-refractivity contribution in [3.63, 3.8) is 0 Å². The highest BCUT2D eigenvalue weighted by Gasteiger charge is 2.11. The van der Waals surface area contributed by atoms with E-state index >= 15 is 0 Å². The Morgan fingerprint density at radius 1 is 1.50 bits per heavy atom. The van der Waals surface area contributed by atoms with Crippen LogP contribution in [0.3, 0.4) is 0 Å². The van der Waals surface area contributed by atoms with E-state index in [9.17, 15) is 0 Å². The Balaban J connectivity index is 2.47. The molecule has 1 aliphatic heterocycles. The summed E-state index contributed by atoms with van der Waals surface area (Å²) in [4.78, 5) is 4.41. The Morgan fingerprint density at radius 2 is 2.33 bits per heavy atom. The largest absolute Gasteiger partial charge is 0.330 e. The van der Waals surface area contributed by atoms with Crippen molar-refractivity contribution in [1.29, 1.82) is 0 Å². The average Bonchev–Trinajstić information content (AvgIpc) is 2.47. The first-order valence-corrected chi connectivity index (χ1v) is 4.51. The first kappa shape index (κ1) is 7.59. The molecular formula is C10H14N2. The lowest BCUT2D eigenvalue weighted by molar-refractivity contribution is 0.605. The molecule has 0 spiro atoms. The number of fused-ring (bicyclic) bond motifs is 1. The van der Waals surface area contributed by atoms with Gasteiger partial charge in [-0.3, -0.25) is 0 Å². The van der Waals surface area contributed by atoms with Crippen LogP contribution in [0, 0.1) is 0 Å². The summed E-state index contributed by atoms with van der Waals surface area (Å²) in [6.45, 7) is 4.37. The maximum atomic E-state index is 4.41. The molecule has 2 heteroatoms. The lowest BCUT2D eigenvalue weighted by Gasteiger charge is -2.12. The minimum atomic E-state index is 0.518.